The lowest BCUT2D eigenvalue weighted by molar-refractivity contribution is -0.399. The van der Waals surface area contributed by atoms with Crippen molar-refractivity contribution in [3.8, 4) is 0 Å². The molecule has 36 nitrogen and oxygen atoms in total. The molecule has 6 heterocycles. The van der Waals surface area contributed by atoms with Crippen LogP contribution in [-0.4, -0.2) is 352 Å². The van der Waals surface area contributed by atoms with Gasteiger partial charge in [-0.3, -0.25) is 14.4 Å². The number of ether oxygens (including phenoxy) is 12. The Morgan fingerprint density at radius 2 is 0.688 bits per heavy atom. The van der Waals surface area contributed by atoms with E-state index in [2.05, 4.69) is 29.8 Å². The number of hydrogen-bond donors (Lipinski definition) is 21. The first kappa shape index (κ1) is 97.8. The van der Waals surface area contributed by atoms with Gasteiger partial charge in [-0.2, -0.15) is 0 Å². The van der Waals surface area contributed by atoms with Crippen molar-refractivity contribution in [3.05, 3.63) is 12.2 Å². The van der Waals surface area contributed by atoms with Gasteiger partial charge < -0.3 is 165 Å². The van der Waals surface area contributed by atoms with Gasteiger partial charge in [0, 0.05) is 20.3 Å². The van der Waals surface area contributed by atoms with Gasteiger partial charge in [0.2, 0.25) is 17.7 Å². The van der Waals surface area contributed by atoms with E-state index in [-0.39, 0.29) is 12.3 Å². The van der Waals surface area contributed by atoms with Crippen LogP contribution in [0.3, 0.4) is 0 Å². The molecule has 6 aliphatic heterocycles. The molecule has 21 N–H and O–H groups in total. The van der Waals surface area contributed by atoms with Crippen molar-refractivity contribution in [3.63, 3.8) is 0 Å². The Bertz CT molecular complexity index is 2600. The van der Waals surface area contributed by atoms with Gasteiger partial charge in [0.05, 0.1) is 58.4 Å². The van der Waals surface area contributed by atoms with Crippen LogP contribution < -0.4 is 16.0 Å². The maximum Gasteiger partial charge on any atom is 0.220 e. The second-order valence-corrected chi connectivity index (χ2v) is 30.7. The van der Waals surface area contributed by atoms with Gasteiger partial charge in [-0.25, -0.2) is 0 Å². The van der Waals surface area contributed by atoms with Gasteiger partial charge in [-0.15, -0.1) is 0 Å². The van der Waals surface area contributed by atoms with Crippen LogP contribution in [0.25, 0.3) is 0 Å². The van der Waals surface area contributed by atoms with E-state index in [1.807, 2.05) is 6.08 Å². The van der Waals surface area contributed by atoms with E-state index in [1.54, 1.807) is 6.08 Å². The van der Waals surface area contributed by atoms with Crippen LogP contribution in [-0.2, 0) is 71.2 Å². The number of amides is 3. The number of allylic oxidation sites excluding steroid dienone is 1. The van der Waals surface area contributed by atoms with Crippen LogP contribution >= 0.6 is 0 Å². The highest BCUT2D eigenvalue weighted by Crippen LogP contribution is 2.39. The van der Waals surface area contributed by atoms with Crippen LogP contribution in [0.5, 0.6) is 0 Å². The Morgan fingerprint density at radius 1 is 0.348 bits per heavy atom. The molecule has 0 bridgehead atoms. The van der Waals surface area contributed by atoms with Crippen molar-refractivity contribution >= 4 is 17.7 Å². The van der Waals surface area contributed by atoms with E-state index in [1.165, 1.54) is 109 Å². The highest BCUT2D eigenvalue weighted by molar-refractivity contribution is 5.76. The fraction of sp³-hybridized carbons (Fsp3) is 0.934. The Balaban J connectivity index is 1.15. The SMILES string of the molecule is CCCCCCCCCCCCC/C=C/[C@@H](O)[C@H](CO[C@@H]1OC(CO)[C@@H](O[C@@H]2OC(CO)[C@H](O[C@@H]3OC(CO)[C@H](O[C@@H]4OC(CO)[C@H](O)[C@H](O[C@@H]5OC(CO)[C@H](O)[C@H](O)C5O)C4NC(C)=O)[C@H](O[C@@H]4OC(CO)[C@H](O)[C@H](O)C4NC(C)=O)C3O)[C@H](O)C2O)[C@H](O)C1O)NC(=O)CCCCCCCCCCCCCCCCC. The topological polar surface area (TPSA) is 562 Å². The molecule has 32 atom stereocenters. The average molecular weight is 1620 g/mol. The summed E-state index contributed by atoms with van der Waals surface area (Å²) in [7, 11) is 0. The minimum atomic E-state index is -2.37. The highest BCUT2D eigenvalue weighted by Gasteiger charge is 2.59. The molecule has 36 heteroatoms. The molecule has 0 aromatic heterocycles. The van der Waals surface area contributed by atoms with Crippen LogP contribution in [0.15, 0.2) is 12.2 Å². The van der Waals surface area contributed by atoms with E-state index in [9.17, 15) is 106 Å². The molecule has 12 unspecified atom stereocenters. The minimum absolute atomic E-state index is 0.171. The average Bonchev–Trinajstić information content (AvgIpc) is 0.760. The fourth-order valence-electron chi connectivity index (χ4n) is 15.1. The number of aliphatic hydroxyl groups excluding tert-OH is 18. The molecule has 0 aromatic carbocycles. The summed E-state index contributed by atoms with van der Waals surface area (Å²) >= 11 is 0. The number of nitrogens with one attached hydrogen (secondary N) is 3. The first-order valence-electron chi connectivity index (χ1n) is 41.0. The van der Waals surface area contributed by atoms with Gasteiger partial charge in [0.15, 0.2) is 37.7 Å². The standard InChI is InChI=1S/C76H137N3O33/c1-5-7-9-11-13-15-17-19-20-22-24-26-28-30-32-34-52(89)79-44(45(88)33-31-29-27-25-23-21-18-16-14-12-10-8-6-2)41-101-73-63(98)60(95)66(49(38-83)105-73)108-75-64(99)61(96)67(50(39-84)106-75)109-76-65(100)70(112-71-53(77-42(3)86)58(93)55(90)46(35-80)102-71)68(51(40-85)107-76)110-72-54(78-43(4)87)69(57(92)48(37-82)103-72)111-74-62(97)59(94)56(91)47(36-81)104-74/h31,33,44-51,53-76,80-85,88,90-100H,5-30,32,34-41H2,1-4H3,(H,77,86)(H,78,87)(H,79,89)/b33-31+/t44-,45+,46?,47?,48?,49?,50?,51?,53?,54?,55-,56-,57-,58+,59-,60+,61+,62?,63?,64?,65?,66+,67-,68-,69+,70+,71-,72-,73+,74-,75-,76-/m0/s1. The molecule has 0 radical (unpaired) electrons. The molecule has 6 aliphatic rings. The van der Waals surface area contributed by atoms with Gasteiger partial charge in [-0.1, -0.05) is 180 Å². The van der Waals surface area contributed by atoms with Crippen molar-refractivity contribution in [1.29, 1.82) is 0 Å². The molecule has 3 amide bonds. The predicted octanol–water partition coefficient (Wildman–Crippen LogP) is -2.42. The Hall–Kier alpha value is -3.05. The molecule has 6 rings (SSSR count). The van der Waals surface area contributed by atoms with Crippen LogP contribution in [0.4, 0.5) is 0 Å². The number of hydrogen-bond acceptors (Lipinski definition) is 33. The first-order chi connectivity index (χ1) is 53.8. The molecule has 0 spiro atoms. The smallest absolute Gasteiger partial charge is 0.220 e. The fourth-order valence-corrected chi connectivity index (χ4v) is 15.1. The van der Waals surface area contributed by atoms with Crippen LogP contribution in [0, 0.1) is 0 Å². The predicted molar refractivity (Wildman–Crippen MR) is 394 cm³/mol. The summed E-state index contributed by atoms with van der Waals surface area (Å²) in [6, 6.07) is -4.65. The lowest BCUT2D eigenvalue weighted by Crippen LogP contribution is -2.71. The van der Waals surface area contributed by atoms with Gasteiger partial charge in [0.1, 0.15) is 146 Å². The second-order valence-electron chi connectivity index (χ2n) is 30.7. The molecule has 6 fully saturated rings. The third kappa shape index (κ3) is 29.4. The number of carbonyl (C=O) groups is 3. The maximum atomic E-state index is 13.5. The summed E-state index contributed by atoms with van der Waals surface area (Å²) in [5, 5.41) is 208. The monoisotopic (exact) mass is 1620 g/mol. The molecular weight excluding hydrogens is 1480 g/mol. The van der Waals surface area contributed by atoms with Crippen molar-refractivity contribution in [1.82, 2.24) is 16.0 Å². The van der Waals surface area contributed by atoms with Crippen molar-refractivity contribution in [2.24, 2.45) is 0 Å². The van der Waals surface area contributed by atoms with E-state index >= 15 is 0 Å². The lowest BCUT2D eigenvalue weighted by Gasteiger charge is -2.52. The molecule has 0 aromatic rings. The van der Waals surface area contributed by atoms with Gasteiger partial charge >= 0.3 is 0 Å². The zero-order chi connectivity index (χ0) is 82.0. The summed E-state index contributed by atoms with van der Waals surface area (Å²) in [6.45, 7) is -0.144. The normalized spacial score (nSPS) is 37.2. The summed E-state index contributed by atoms with van der Waals surface area (Å²) in [6.07, 6.45) is -21.9. The molecule has 0 saturated carbocycles. The summed E-state index contributed by atoms with van der Waals surface area (Å²) in [5.74, 6) is -2.06. The van der Waals surface area contributed by atoms with Crippen molar-refractivity contribution < 1.29 is 163 Å². The number of aliphatic hydroxyl groups is 18. The zero-order valence-corrected chi connectivity index (χ0v) is 65.6. The van der Waals surface area contributed by atoms with Crippen LogP contribution in [0.1, 0.15) is 207 Å². The Labute approximate surface area is 656 Å². The number of carbonyl (C=O) groups excluding carboxylic acids is 3. The van der Waals surface area contributed by atoms with E-state index in [0.29, 0.717) is 12.8 Å². The Morgan fingerprint density at radius 3 is 1.15 bits per heavy atom. The number of rotatable bonds is 52. The van der Waals surface area contributed by atoms with Crippen LogP contribution in [0.2, 0.25) is 0 Å². The van der Waals surface area contributed by atoms with Crippen molar-refractivity contribution in [2.75, 3.05) is 46.2 Å². The molecule has 112 heavy (non-hydrogen) atoms. The highest BCUT2D eigenvalue weighted by atomic mass is 16.8. The molecule has 6 saturated heterocycles. The minimum Gasteiger partial charge on any atom is -0.394 e. The maximum absolute atomic E-state index is 13.5. The molecular formula is C76H137N3O33. The van der Waals surface area contributed by atoms with E-state index in [0.717, 1.165) is 65.2 Å². The van der Waals surface area contributed by atoms with Gasteiger partial charge in [-0.05, 0) is 19.3 Å². The Kier molecular flexibility index (Phi) is 45.5. The quantitative estimate of drug-likeness (QED) is 0.0222. The zero-order valence-electron chi connectivity index (χ0n) is 65.6. The molecule has 0 aliphatic carbocycles. The summed E-state index contributed by atoms with van der Waals surface area (Å²) in [4.78, 5) is 39.2. The van der Waals surface area contributed by atoms with Gasteiger partial charge in [0.25, 0.3) is 0 Å². The second kappa shape index (κ2) is 52.1. The number of unbranched alkanes of at least 4 members (excludes halogenated alkanes) is 25. The largest absolute Gasteiger partial charge is 0.394 e. The first-order valence-corrected chi connectivity index (χ1v) is 41.0. The lowest BCUT2D eigenvalue weighted by atomic mass is 9.93. The van der Waals surface area contributed by atoms with Crippen molar-refractivity contribution in [2.45, 2.75) is 404 Å². The van der Waals surface area contributed by atoms with E-state index < -0.39 is 254 Å². The third-order valence-corrected chi connectivity index (χ3v) is 21.7. The summed E-state index contributed by atoms with van der Waals surface area (Å²) in [5.41, 5.74) is 0. The molecule has 654 valence electrons. The van der Waals surface area contributed by atoms with E-state index in [4.69, 9.17) is 56.8 Å². The summed E-state index contributed by atoms with van der Waals surface area (Å²) < 4.78 is 72.0. The third-order valence-electron chi connectivity index (χ3n) is 21.7.